The SMILES string of the molecule is CCCCCC/C=C\C=C/CCCCCCCC(=O)OC[C@H](COP(=O)(O)OC[C@@H](O)COP(=O)(O)OC[C@@H](COC(=O)CCCCCCCCC(C)CC)OC(=O)CCCCCCCCCCCCC(C)C)OC(=O)CCCCCCCCCCCCCC(C)C. The van der Waals surface area contributed by atoms with E-state index in [1.54, 1.807) is 0 Å². The molecule has 19 heteroatoms. The van der Waals surface area contributed by atoms with Gasteiger partial charge < -0.3 is 33.8 Å². The van der Waals surface area contributed by atoms with Crippen LogP contribution < -0.4 is 0 Å². The summed E-state index contributed by atoms with van der Waals surface area (Å²) in [5, 5.41) is 10.6. The molecule has 0 amide bonds. The van der Waals surface area contributed by atoms with E-state index in [2.05, 4.69) is 72.8 Å². The van der Waals surface area contributed by atoms with Gasteiger partial charge in [-0.2, -0.15) is 0 Å². The van der Waals surface area contributed by atoms with E-state index in [1.165, 1.54) is 128 Å². The minimum Gasteiger partial charge on any atom is -0.462 e. The Morgan fingerprint density at radius 2 is 0.641 bits per heavy atom. The van der Waals surface area contributed by atoms with Crippen LogP contribution in [0.4, 0.5) is 0 Å². The highest BCUT2D eigenvalue weighted by Gasteiger charge is 2.30. The molecule has 0 rings (SSSR count). The van der Waals surface area contributed by atoms with Crippen LogP contribution in [0.1, 0.15) is 344 Å². The normalized spacial score (nSPS) is 14.6. The van der Waals surface area contributed by atoms with Crippen molar-refractivity contribution in [2.24, 2.45) is 17.8 Å². The van der Waals surface area contributed by atoms with Gasteiger partial charge in [-0.05, 0) is 69.1 Å². The van der Waals surface area contributed by atoms with Crippen LogP contribution in [-0.4, -0.2) is 96.7 Å². The number of carbonyl (C=O) groups excluding carboxylic acids is 4. The largest absolute Gasteiger partial charge is 0.472 e. The van der Waals surface area contributed by atoms with Crippen LogP contribution in [-0.2, 0) is 65.4 Å². The van der Waals surface area contributed by atoms with Gasteiger partial charge in [0.25, 0.3) is 0 Å². The lowest BCUT2D eigenvalue weighted by Crippen LogP contribution is -2.30. The fraction of sp³-hybridized carbons (Fsp3) is 0.890. The Morgan fingerprint density at radius 1 is 0.359 bits per heavy atom. The zero-order valence-corrected chi connectivity index (χ0v) is 61.3. The summed E-state index contributed by atoms with van der Waals surface area (Å²) in [4.78, 5) is 72.7. The van der Waals surface area contributed by atoms with E-state index in [-0.39, 0.29) is 25.7 Å². The van der Waals surface area contributed by atoms with Gasteiger partial charge in [0.2, 0.25) is 0 Å². The number of aliphatic hydroxyl groups is 1. The molecule has 0 aliphatic carbocycles. The number of phosphoric acid groups is 2. The van der Waals surface area contributed by atoms with Gasteiger partial charge in [0.05, 0.1) is 26.4 Å². The number of rotatable bonds is 69. The molecule has 92 heavy (non-hydrogen) atoms. The van der Waals surface area contributed by atoms with Crippen molar-refractivity contribution in [3.8, 4) is 0 Å². The molecule has 0 saturated carbocycles. The van der Waals surface area contributed by atoms with E-state index >= 15 is 0 Å². The monoisotopic (exact) mass is 1350 g/mol. The third-order valence-corrected chi connectivity index (χ3v) is 18.5. The molecule has 3 unspecified atom stereocenters. The molecule has 0 spiro atoms. The minimum atomic E-state index is -4.96. The number of allylic oxidation sites excluding steroid dienone is 4. The number of hydrogen-bond acceptors (Lipinski definition) is 15. The van der Waals surface area contributed by atoms with Gasteiger partial charge in [-0.3, -0.25) is 37.3 Å². The average Bonchev–Trinajstić information content (AvgIpc) is 1.67. The van der Waals surface area contributed by atoms with Crippen LogP contribution in [0, 0.1) is 17.8 Å². The molecule has 0 aliphatic heterocycles. The number of esters is 4. The van der Waals surface area contributed by atoms with Gasteiger partial charge in [0.15, 0.2) is 12.2 Å². The molecular formula is C73H138O17P2. The number of hydrogen-bond donors (Lipinski definition) is 3. The summed E-state index contributed by atoms with van der Waals surface area (Å²) in [6.07, 6.45) is 50.8. The van der Waals surface area contributed by atoms with E-state index in [0.717, 1.165) is 133 Å². The van der Waals surface area contributed by atoms with Crippen molar-refractivity contribution >= 4 is 39.5 Å². The summed E-state index contributed by atoms with van der Waals surface area (Å²) in [7, 11) is -9.92. The summed E-state index contributed by atoms with van der Waals surface area (Å²) in [5.41, 5.74) is 0. The Morgan fingerprint density at radius 3 is 0.967 bits per heavy atom. The first-order valence-corrected chi connectivity index (χ1v) is 40.2. The number of carbonyl (C=O) groups is 4. The lowest BCUT2D eigenvalue weighted by atomic mass is 10.00. The smallest absolute Gasteiger partial charge is 0.462 e. The molecule has 3 N–H and O–H groups in total. The van der Waals surface area contributed by atoms with E-state index < -0.39 is 97.5 Å². The van der Waals surface area contributed by atoms with Crippen molar-refractivity contribution in [3.63, 3.8) is 0 Å². The predicted octanol–water partition coefficient (Wildman–Crippen LogP) is 20.6. The maximum atomic E-state index is 13.0. The molecule has 0 aliphatic rings. The number of ether oxygens (including phenoxy) is 4. The van der Waals surface area contributed by atoms with Crippen LogP contribution in [0.25, 0.3) is 0 Å². The average molecular weight is 1350 g/mol. The topological polar surface area (TPSA) is 237 Å². The van der Waals surface area contributed by atoms with Crippen LogP contribution in [0.3, 0.4) is 0 Å². The van der Waals surface area contributed by atoms with Gasteiger partial charge in [-0.25, -0.2) is 9.13 Å². The molecule has 0 fully saturated rings. The second-order valence-corrected chi connectivity index (χ2v) is 29.7. The molecule has 0 bridgehead atoms. The molecular weight excluding hydrogens is 1210 g/mol. The van der Waals surface area contributed by atoms with Gasteiger partial charge in [0, 0.05) is 25.7 Å². The number of phosphoric ester groups is 2. The zero-order valence-electron chi connectivity index (χ0n) is 59.5. The van der Waals surface area contributed by atoms with Gasteiger partial charge in [0.1, 0.15) is 19.3 Å². The highest BCUT2D eigenvalue weighted by molar-refractivity contribution is 7.47. The molecule has 6 atom stereocenters. The summed E-state index contributed by atoms with van der Waals surface area (Å²) in [6.45, 7) is 11.8. The van der Waals surface area contributed by atoms with Crippen molar-refractivity contribution in [2.45, 2.75) is 362 Å². The Labute approximate surface area is 561 Å². The van der Waals surface area contributed by atoms with Crippen molar-refractivity contribution in [2.75, 3.05) is 39.6 Å². The summed E-state index contributed by atoms with van der Waals surface area (Å²) in [5.74, 6) is 0.0885. The van der Waals surface area contributed by atoms with Crippen molar-refractivity contribution < 1.29 is 80.2 Å². The number of aliphatic hydroxyl groups excluding tert-OH is 1. The molecule has 0 aromatic heterocycles. The van der Waals surface area contributed by atoms with E-state index in [9.17, 15) is 43.2 Å². The first-order valence-electron chi connectivity index (χ1n) is 37.2. The second-order valence-electron chi connectivity index (χ2n) is 26.8. The first-order chi connectivity index (χ1) is 44.3. The third-order valence-electron chi connectivity index (χ3n) is 16.6. The lowest BCUT2D eigenvalue weighted by Gasteiger charge is -2.21. The Hall–Kier alpha value is -2.46. The highest BCUT2D eigenvalue weighted by atomic mass is 31.2. The quantitative estimate of drug-likeness (QED) is 0.0169. The first kappa shape index (κ1) is 89.5. The second kappa shape index (κ2) is 63.3. The van der Waals surface area contributed by atoms with Gasteiger partial charge >= 0.3 is 39.5 Å². The molecule has 0 saturated heterocycles. The van der Waals surface area contributed by atoms with E-state index in [1.807, 2.05) is 0 Å². The van der Waals surface area contributed by atoms with Crippen LogP contribution in [0.5, 0.6) is 0 Å². The fourth-order valence-corrected chi connectivity index (χ4v) is 12.1. The molecule has 0 aromatic carbocycles. The van der Waals surface area contributed by atoms with Crippen LogP contribution >= 0.6 is 15.6 Å². The summed E-state index contributed by atoms with van der Waals surface area (Å²) in [6, 6.07) is 0. The Balaban J connectivity index is 5.30. The van der Waals surface area contributed by atoms with Crippen LogP contribution in [0.2, 0.25) is 0 Å². The van der Waals surface area contributed by atoms with Crippen LogP contribution in [0.15, 0.2) is 24.3 Å². The third kappa shape index (κ3) is 64.9. The molecule has 0 aromatic rings. The molecule has 0 radical (unpaired) electrons. The van der Waals surface area contributed by atoms with E-state index in [0.29, 0.717) is 25.7 Å². The lowest BCUT2D eigenvalue weighted by molar-refractivity contribution is -0.161. The maximum Gasteiger partial charge on any atom is 0.472 e. The molecule has 542 valence electrons. The van der Waals surface area contributed by atoms with Gasteiger partial charge in [-0.15, -0.1) is 0 Å². The predicted molar refractivity (Wildman–Crippen MR) is 372 cm³/mol. The summed E-state index contributed by atoms with van der Waals surface area (Å²) >= 11 is 0. The highest BCUT2D eigenvalue weighted by Crippen LogP contribution is 2.45. The maximum absolute atomic E-state index is 13.0. The minimum absolute atomic E-state index is 0.0991. The molecule has 17 nitrogen and oxygen atoms in total. The van der Waals surface area contributed by atoms with E-state index in [4.69, 9.17) is 37.0 Å². The summed E-state index contributed by atoms with van der Waals surface area (Å²) < 4.78 is 68.4. The number of unbranched alkanes of at least 4 members (excludes halogenated alkanes) is 33. The van der Waals surface area contributed by atoms with Crippen molar-refractivity contribution in [1.29, 1.82) is 0 Å². The molecule has 0 heterocycles. The Kier molecular flexibility index (Phi) is 61.6. The zero-order chi connectivity index (χ0) is 68.0. The standard InChI is InChI=1S/C73H138O17P2/c1-8-10-11-12-13-14-15-16-17-18-21-27-32-40-47-54-70(75)83-60-68(89-72(77)56-49-42-33-28-22-19-20-25-30-37-44-51-64(3)4)62-87-91(79,80)85-58-67(74)59-86-92(81,82)88-63-69(61-84-71(76)55-48-41-36-35-39-46-53-66(7)9-2)90-73(78)57-50-43-34-29-24-23-26-31-38-45-52-65(5)6/h14-17,64-69,74H,8-13,18-63H2,1-7H3,(H,79,80)(H,81,82)/b15-14-,17-16-/t66?,67-,68-,69-/m1/s1. The van der Waals surface area contributed by atoms with Crippen molar-refractivity contribution in [3.05, 3.63) is 24.3 Å². The fourth-order valence-electron chi connectivity index (χ4n) is 10.5. The van der Waals surface area contributed by atoms with Crippen molar-refractivity contribution in [1.82, 2.24) is 0 Å². The van der Waals surface area contributed by atoms with Gasteiger partial charge in [-0.1, -0.05) is 291 Å². The Bertz CT molecular complexity index is 1900.